The van der Waals surface area contributed by atoms with Crippen molar-refractivity contribution >= 4 is 70.3 Å². The Kier molecular flexibility index (Phi) is 18.7. The maximum absolute atomic E-state index is 15.8. The van der Waals surface area contributed by atoms with E-state index in [2.05, 4.69) is 21.3 Å². The first kappa shape index (κ1) is 60.8. The molecular formula is C60H63Cl2N5O16. The van der Waals surface area contributed by atoms with Gasteiger partial charge >= 0.3 is 5.97 Å². The van der Waals surface area contributed by atoms with Crippen LogP contribution in [0.5, 0.6) is 40.2 Å². The van der Waals surface area contributed by atoms with Gasteiger partial charge in [0, 0.05) is 36.3 Å². The molecule has 0 spiro atoms. The van der Waals surface area contributed by atoms with E-state index in [-0.39, 0.29) is 95.2 Å². The number of carbonyl (C=O) groups excluding carboxylic acids is 7. The summed E-state index contributed by atoms with van der Waals surface area (Å²) in [5.74, 6) is -12.5. The number of carbonyl (C=O) groups is 8. The molecule has 0 radical (unpaired) electrons. The van der Waals surface area contributed by atoms with Gasteiger partial charge in [0.05, 0.1) is 43.2 Å². The van der Waals surface area contributed by atoms with Crippen LogP contribution < -0.4 is 50.7 Å². The smallest absolute Gasteiger partial charge is 0.330 e. The van der Waals surface area contributed by atoms with Gasteiger partial charge in [-0.15, -0.1) is 0 Å². The summed E-state index contributed by atoms with van der Waals surface area (Å²) in [6, 6.07) is 10.8. The number of benzene rings is 5. The Bertz CT molecular complexity index is 3430. The summed E-state index contributed by atoms with van der Waals surface area (Å²) in [6.45, 7) is 7.33. The van der Waals surface area contributed by atoms with E-state index in [0.717, 1.165) is 0 Å². The molecule has 5 aromatic rings. The number of rotatable bonds is 11. The number of carboxylic acid groups (broad SMARTS) is 1. The van der Waals surface area contributed by atoms with Gasteiger partial charge in [0.15, 0.2) is 29.1 Å². The number of carboxylic acids is 1. The minimum atomic E-state index is -2.00. The highest BCUT2D eigenvalue weighted by Gasteiger charge is 2.42. The van der Waals surface area contributed by atoms with E-state index in [0.29, 0.717) is 18.4 Å². The summed E-state index contributed by atoms with van der Waals surface area (Å²) in [6.07, 6.45) is -5.36. The van der Waals surface area contributed by atoms with Crippen LogP contribution in [-0.2, 0) is 38.4 Å². The number of primary amides is 1. The molecule has 5 heterocycles. The van der Waals surface area contributed by atoms with Crippen molar-refractivity contribution in [1.82, 2.24) is 21.3 Å². The van der Waals surface area contributed by atoms with Crippen molar-refractivity contribution in [2.45, 2.75) is 102 Å². The Morgan fingerprint density at radius 2 is 1.33 bits per heavy atom. The number of nitrogens with one attached hydrogen (secondary N) is 4. The van der Waals surface area contributed by atoms with Crippen molar-refractivity contribution in [1.29, 1.82) is 0 Å². The lowest BCUT2D eigenvalue weighted by atomic mass is 9.84. The Balaban J connectivity index is 1.39. The molecule has 5 aliphatic rings. The van der Waals surface area contributed by atoms with Crippen LogP contribution in [0.3, 0.4) is 0 Å². The first-order chi connectivity index (χ1) is 39.4. The second kappa shape index (κ2) is 25.5. The van der Waals surface area contributed by atoms with Gasteiger partial charge in [-0.1, -0.05) is 68.2 Å². The van der Waals surface area contributed by atoms with Crippen molar-refractivity contribution in [2.24, 2.45) is 23.5 Å². The molecule has 5 aliphatic heterocycles. The van der Waals surface area contributed by atoms with Gasteiger partial charge in [-0.05, 0) is 114 Å². The minimum absolute atomic E-state index is 0.0143. The molecule has 10 rings (SSSR count). The fourth-order valence-corrected chi connectivity index (χ4v) is 11.2. The molecule has 23 heteroatoms. The number of nitrogens with two attached hydrogens (primary N) is 1. The quantitative estimate of drug-likeness (QED) is 0.0642. The largest absolute Gasteiger partial charge is 0.496 e. The highest BCUT2D eigenvalue weighted by molar-refractivity contribution is 6.32. The van der Waals surface area contributed by atoms with E-state index in [1.54, 1.807) is 19.9 Å². The summed E-state index contributed by atoms with van der Waals surface area (Å²) in [5, 5.41) is 45.3. The average Bonchev–Trinajstić information content (AvgIpc) is 2.88. The predicted molar refractivity (Wildman–Crippen MR) is 301 cm³/mol. The fraction of sp³-hybridized carbons (Fsp3) is 0.367. The predicted octanol–water partition coefficient (Wildman–Crippen LogP) is 7.32. The average molecular weight is 1180 g/mol. The molecule has 5 amide bonds. The number of ether oxygens (including phenoxy) is 5. The van der Waals surface area contributed by atoms with E-state index in [1.807, 2.05) is 13.8 Å². The van der Waals surface area contributed by atoms with Gasteiger partial charge in [0.25, 0.3) is 0 Å². The Morgan fingerprint density at radius 3 is 1.88 bits per heavy atom. The molecular weight excluding hydrogens is 1120 g/mol. The third-order valence-corrected chi connectivity index (χ3v) is 15.5. The van der Waals surface area contributed by atoms with Gasteiger partial charge in [0.1, 0.15) is 53.3 Å². The molecule has 0 saturated heterocycles. The van der Waals surface area contributed by atoms with Gasteiger partial charge < -0.3 is 66.0 Å². The molecule has 0 unspecified atom stereocenters. The van der Waals surface area contributed by atoms with Crippen LogP contribution in [0.25, 0.3) is 11.1 Å². The third kappa shape index (κ3) is 13.0. The molecule has 11 bridgehead atoms. The second-order valence-electron chi connectivity index (χ2n) is 21.1. The van der Waals surface area contributed by atoms with Crippen molar-refractivity contribution < 1.29 is 77.4 Å². The molecule has 5 aromatic carbocycles. The first-order valence-corrected chi connectivity index (χ1v) is 27.4. The molecule has 21 nitrogen and oxygen atoms in total. The Morgan fingerprint density at radius 1 is 0.711 bits per heavy atom. The summed E-state index contributed by atoms with van der Waals surface area (Å²) in [7, 11) is 3.98. The van der Waals surface area contributed by atoms with Crippen LogP contribution in [0.15, 0.2) is 78.9 Å². The SMILES string of the molecule is CC[C@@H](CC(C)C)C(=O)N[C@H]1C(=O)C[C@@H](CC(N)=O)C(=O)N[C@H]2C(=O)C[C@H]3C(=O)N[C@H](C(=O)N[C@@H](C(=O)O)c4cc(C)cc(OC)c4-c4cc3ccc4OC)[C@H](O)c3ccc(c(Cl)c3)Oc3cc2cc(c3OC)Oc2ccc(cc2Cl)[C@H]1O. The maximum Gasteiger partial charge on any atom is 0.330 e. The van der Waals surface area contributed by atoms with Gasteiger partial charge in [-0.3, -0.25) is 33.6 Å². The zero-order valence-corrected chi connectivity index (χ0v) is 47.8. The molecule has 9 atom stereocenters. The van der Waals surface area contributed by atoms with Crippen molar-refractivity contribution in [3.05, 3.63) is 122 Å². The van der Waals surface area contributed by atoms with E-state index in [9.17, 15) is 39.3 Å². The maximum atomic E-state index is 15.8. The lowest BCUT2D eigenvalue weighted by molar-refractivity contribution is -0.143. The lowest BCUT2D eigenvalue weighted by Gasteiger charge is -2.31. The highest BCUT2D eigenvalue weighted by Crippen LogP contribution is 2.49. The van der Waals surface area contributed by atoms with E-state index in [1.165, 1.54) is 94.1 Å². The van der Waals surface area contributed by atoms with Crippen molar-refractivity contribution in [3.8, 4) is 51.4 Å². The normalized spacial score (nSPS) is 22.1. The van der Waals surface area contributed by atoms with Crippen molar-refractivity contribution in [2.75, 3.05) is 21.3 Å². The molecule has 0 saturated carbocycles. The monoisotopic (exact) mass is 1180 g/mol. The molecule has 0 aromatic heterocycles. The Labute approximate surface area is 487 Å². The summed E-state index contributed by atoms with van der Waals surface area (Å²) < 4.78 is 30.4. The van der Waals surface area contributed by atoms with Crippen LogP contribution in [-0.4, -0.2) is 95.8 Å². The number of amides is 5. The third-order valence-electron chi connectivity index (χ3n) is 14.9. The number of aliphatic hydroxyl groups is 2. The van der Waals surface area contributed by atoms with E-state index >= 15 is 14.4 Å². The standard InChI is InChI=1S/C60H63Cl2N5O16/c1-8-28(15-26(2)3)56(73)66-51-39(68)21-33(24-47(63)70)57(74)64-49-32-22-45(82-42-13-10-30(53(51)71)19-37(42)61)55(81-7)46(23-32)83-43-14-11-31(20-38(43)62)54(72)52-59(76)65-50(60(77)78)36-16-27(4)17-44(80-6)48(36)35-18-29(9-12-41(35)79-5)34(25-40(49)69)58(75)67-52/h9-14,16-20,22-23,26,28,33-34,49-54,71-72H,8,15,21,24-25H2,1-7H3,(H2,63,70)(H,64,74)(H,65,76)(H,66,73)(H,67,75)(H,77,78)/t28-,33-,34+,49+,50+,51-,52-,53+,54+/m0/s1. The molecule has 438 valence electrons. The number of hydrogen-bond donors (Lipinski definition) is 8. The second-order valence-corrected chi connectivity index (χ2v) is 21.9. The van der Waals surface area contributed by atoms with Gasteiger partial charge in [-0.25, -0.2) is 4.79 Å². The highest BCUT2D eigenvalue weighted by atomic mass is 35.5. The number of Topliss-reactive ketones (excluding diaryl/α,β-unsaturated/α-hetero) is 2. The number of aliphatic hydroxyl groups excluding tert-OH is 2. The molecule has 0 fully saturated rings. The van der Waals surface area contributed by atoms with Crippen LogP contribution in [0.2, 0.25) is 10.0 Å². The van der Waals surface area contributed by atoms with Gasteiger partial charge in [-0.2, -0.15) is 0 Å². The molecule has 9 N–H and O–H groups in total. The summed E-state index contributed by atoms with van der Waals surface area (Å²) in [4.78, 5) is 116. The van der Waals surface area contributed by atoms with Crippen LogP contribution >= 0.6 is 23.2 Å². The molecule has 83 heavy (non-hydrogen) atoms. The number of hydrogen-bond acceptors (Lipinski definition) is 15. The minimum Gasteiger partial charge on any atom is -0.496 e. The Hall–Kier alpha value is -8.24. The zero-order chi connectivity index (χ0) is 60.3. The number of ketones is 2. The fourth-order valence-electron chi connectivity index (χ4n) is 10.7. The summed E-state index contributed by atoms with van der Waals surface area (Å²) >= 11 is 13.8. The number of aliphatic carboxylic acids is 1. The zero-order valence-electron chi connectivity index (χ0n) is 46.3. The van der Waals surface area contributed by atoms with Crippen LogP contribution in [0.1, 0.15) is 116 Å². The van der Waals surface area contributed by atoms with Crippen LogP contribution in [0, 0.1) is 24.7 Å². The number of halogens is 2. The van der Waals surface area contributed by atoms with E-state index < -0.39 is 120 Å². The lowest BCUT2D eigenvalue weighted by Crippen LogP contribution is -2.53. The summed E-state index contributed by atoms with van der Waals surface area (Å²) in [5.41, 5.74) is 6.57. The van der Waals surface area contributed by atoms with Gasteiger partial charge in [0.2, 0.25) is 35.3 Å². The number of aryl methyl sites for hydroxylation is 1. The molecule has 0 aliphatic carbocycles. The van der Waals surface area contributed by atoms with Crippen molar-refractivity contribution in [3.63, 3.8) is 0 Å². The first-order valence-electron chi connectivity index (χ1n) is 26.6. The van der Waals surface area contributed by atoms with Crippen LogP contribution in [0.4, 0.5) is 0 Å². The van der Waals surface area contributed by atoms with E-state index in [4.69, 9.17) is 52.6 Å². The number of fused-ring (bicyclic) bond motifs is 15. The topological polar surface area (TPSA) is 318 Å². The number of methoxy groups -OCH3 is 3.